The first-order valence-corrected chi connectivity index (χ1v) is 11.0. The molecule has 148 valence electrons. The third-order valence-corrected chi connectivity index (χ3v) is 7.72. The Morgan fingerprint density at radius 1 is 1.04 bits per heavy atom. The Kier molecular flexibility index (Phi) is 15.7. The Bertz CT molecular complexity index is 595. The number of allylic oxidation sites excluding steroid dienone is 4. The van der Waals surface area contributed by atoms with Crippen LogP contribution in [0.3, 0.4) is 0 Å². The zero-order valence-electron chi connectivity index (χ0n) is 16.7. The predicted molar refractivity (Wildman–Crippen MR) is 105 cm³/mol. The molecule has 0 heterocycles. The molecule has 0 spiro atoms. The number of unbranched alkanes of at least 4 members (excludes halogenated alkanes) is 2. The van der Waals surface area contributed by atoms with E-state index in [1.807, 2.05) is 5.92 Å². The van der Waals surface area contributed by atoms with Crippen LogP contribution < -0.4 is 42.4 Å². The molecule has 2 unspecified atom stereocenters. The van der Waals surface area contributed by atoms with Gasteiger partial charge in [-0.05, 0) is 26.2 Å². The number of aryl methyl sites for hydroxylation is 2. The molecule has 0 aliphatic heterocycles. The topological polar surface area (TPSA) is 0 Å². The first-order chi connectivity index (χ1) is 11.2. The van der Waals surface area contributed by atoms with E-state index in [1.165, 1.54) is 49.7 Å². The van der Waals surface area contributed by atoms with E-state index in [0.29, 0.717) is 0 Å². The second-order valence-electron chi connectivity index (χ2n) is 7.60. The summed E-state index contributed by atoms with van der Waals surface area (Å²) in [7, 11) is -0.220. The number of fused-ring (bicyclic) bond motifs is 1. The first kappa shape index (κ1) is 29.6. The van der Waals surface area contributed by atoms with Crippen molar-refractivity contribution in [1.82, 2.24) is 0 Å². The summed E-state index contributed by atoms with van der Waals surface area (Å²) < 4.78 is 0. The summed E-state index contributed by atoms with van der Waals surface area (Å²) in [6.07, 6.45) is 15.3. The predicted octanol–water partition coefficient (Wildman–Crippen LogP) is -4.04. The maximum Gasteiger partial charge on any atom is 4.00 e. The normalized spacial score (nSPS) is 20.1. The van der Waals surface area contributed by atoms with E-state index in [0.717, 1.165) is 11.5 Å². The Balaban J connectivity index is 0. The van der Waals surface area contributed by atoms with Gasteiger partial charge in [0.2, 0.25) is 0 Å². The Morgan fingerprint density at radius 3 is 2.33 bits per heavy atom. The van der Waals surface area contributed by atoms with Gasteiger partial charge in [-0.25, -0.2) is 17.6 Å². The van der Waals surface area contributed by atoms with Crippen molar-refractivity contribution in [3.63, 3.8) is 0 Å². The zero-order chi connectivity index (χ0) is 16.2. The van der Waals surface area contributed by atoms with E-state index in [2.05, 4.69) is 57.2 Å². The molecule has 0 amide bonds. The number of hydrogen-bond donors (Lipinski definition) is 0. The van der Waals surface area contributed by atoms with Gasteiger partial charge in [0.05, 0.1) is 0 Å². The number of benzene rings is 1. The van der Waals surface area contributed by atoms with E-state index in [-0.39, 0.29) is 68.5 Å². The monoisotopic (exact) mass is 476 g/mol. The summed E-state index contributed by atoms with van der Waals surface area (Å²) in [6.45, 7) is 6.81. The molecule has 27 heavy (non-hydrogen) atoms. The zero-order valence-corrected chi connectivity index (χ0v) is 21.9. The van der Waals surface area contributed by atoms with Crippen molar-refractivity contribution < 1.29 is 58.9 Å². The van der Waals surface area contributed by atoms with Gasteiger partial charge in [-0.1, -0.05) is 79.1 Å². The van der Waals surface area contributed by atoms with Gasteiger partial charge in [-0.3, -0.25) is 0 Å². The quantitative estimate of drug-likeness (QED) is 0.222. The Morgan fingerprint density at radius 2 is 1.70 bits per heavy atom. The minimum atomic E-state index is -0.220. The van der Waals surface area contributed by atoms with Gasteiger partial charge in [0, 0.05) is 9.52 Å². The van der Waals surface area contributed by atoms with Crippen molar-refractivity contribution in [2.24, 2.45) is 5.92 Å². The Labute approximate surface area is 202 Å². The van der Waals surface area contributed by atoms with E-state index >= 15 is 0 Å². The summed E-state index contributed by atoms with van der Waals surface area (Å²) >= 11 is 0. The van der Waals surface area contributed by atoms with E-state index in [4.69, 9.17) is 0 Å². The van der Waals surface area contributed by atoms with Gasteiger partial charge in [0.15, 0.2) is 0 Å². The molecule has 5 heteroatoms. The van der Waals surface area contributed by atoms with Gasteiger partial charge in [0.25, 0.3) is 0 Å². The Hall–Kier alpha value is 0.371. The molecule has 2 atom stereocenters. The van der Waals surface area contributed by atoms with Crippen LogP contribution in [0, 0.1) is 25.7 Å². The van der Waals surface area contributed by atoms with Crippen LogP contribution in [0.4, 0.5) is 0 Å². The summed E-state index contributed by atoms with van der Waals surface area (Å²) in [5.41, 5.74) is 5.52. The molecule has 0 aromatic heterocycles. The molecule has 1 aromatic carbocycles. The van der Waals surface area contributed by atoms with Crippen LogP contribution in [0.25, 0.3) is 0 Å². The second-order valence-corrected chi connectivity index (χ2v) is 9.81. The van der Waals surface area contributed by atoms with Crippen LogP contribution in [-0.2, 0) is 21.7 Å². The molecule has 2 aliphatic rings. The number of halogens is 3. The van der Waals surface area contributed by atoms with Crippen LogP contribution in [0.5, 0.6) is 0 Å². The molecular formula is C22H31Cl3SiTi. The third-order valence-electron chi connectivity index (χ3n) is 5.52. The molecule has 1 aromatic rings. The molecule has 1 saturated carbocycles. The van der Waals surface area contributed by atoms with Crippen molar-refractivity contribution in [3.8, 4) is 0 Å². The minimum absolute atomic E-state index is 0. The second kappa shape index (κ2) is 14.4. The van der Waals surface area contributed by atoms with Gasteiger partial charge in [0.1, 0.15) is 0 Å². The average Bonchev–Trinajstić information content (AvgIpc) is 2.84. The van der Waals surface area contributed by atoms with E-state index in [1.54, 1.807) is 10.8 Å². The van der Waals surface area contributed by atoms with Crippen molar-refractivity contribution in [2.45, 2.75) is 64.8 Å². The number of hydrogen-bond acceptors (Lipinski definition) is 0. The molecule has 3 rings (SSSR count). The molecule has 0 radical (unpaired) electrons. The standard InChI is InChI=1S/C22H31Si.3ClH.Ti/c1-4-5-6-11-21-20-10-8-7-9-18(20)15-22(21)23-19-13-16(2)12-17(3)14-19;;;;/h7-8,10,12-14,18,22H,4-6,9,11,15,23H2,1-3H3;3*1H;/q-1;;;;+4/p-3. The fourth-order valence-electron chi connectivity index (χ4n) is 4.58. The maximum absolute atomic E-state index is 2.46. The molecule has 0 bridgehead atoms. The van der Waals surface area contributed by atoms with Gasteiger partial charge in [-0.15, -0.1) is 12.2 Å². The van der Waals surface area contributed by atoms with Gasteiger partial charge in [-0.2, -0.15) is 0 Å². The molecule has 2 aliphatic carbocycles. The average molecular weight is 478 g/mol. The van der Waals surface area contributed by atoms with Crippen LogP contribution in [-0.4, -0.2) is 9.52 Å². The largest absolute Gasteiger partial charge is 4.00 e. The van der Waals surface area contributed by atoms with Crippen molar-refractivity contribution >= 4 is 14.7 Å². The number of rotatable bonds is 6. The van der Waals surface area contributed by atoms with Gasteiger partial charge < -0.3 is 37.2 Å². The molecule has 0 nitrogen and oxygen atoms in total. The summed E-state index contributed by atoms with van der Waals surface area (Å²) in [5.74, 6) is 2.68. The van der Waals surface area contributed by atoms with Crippen LogP contribution in [0.2, 0.25) is 5.54 Å². The van der Waals surface area contributed by atoms with Crippen LogP contribution in [0.15, 0.2) is 42.0 Å². The van der Waals surface area contributed by atoms with Crippen LogP contribution >= 0.6 is 0 Å². The molecule has 1 fully saturated rings. The third kappa shape index (κ3) is 7.96. The van der Waals surface area contributed by atoms with Crippen molar-refractivity contribution in [1.29, 1.82) is 0 Å². The van der Waals surface area contributed by atoms with Crippen molar-refractivity contribution in [3.05, 3.63) is 59.0 Å². The van der Waals surface area contributed by atoms with E-state index < -0.39 is 0 Å². The molecular weight excluding hydrogens is 447 g/mol. The maximum atomic E-state index is 2.46. The summed E-state index contributed by atoms with van der Waals surface area (Å²) in [6, 6.07) is 7.22. The fraction of sp³-hybridized carbons (Fsp3) is 0.500. The smallest absolute Gasteiger partial charge is 1.00 e. The molecule has 0 N–H and O–H groups in total. The summed E-state index contributed by atoms with van der Waals surface area (Å²) in [4.78, 5) is 0. The van der Waals surface area contributed by atoms with Gasteiger partial charge >= 0.3 is 21.7 Å². The van der Waals surface area contributed by atoms with E-state index in [9.17, 15) is 0 Å². The first-order valence-electron chi connectivity index (χ1n) is 9.47. The van der Waals surface area contributed by atoms with Crippen molar-refractivity contribution in [2.75, 3.05) is 0 Å². The minimum Gasteiger partial charge on any atom is -1.00 e. The molecule has 0 saturated heterocycles. The SMILES string of the molecule is CCCCC[C-]1C2=CC=CCC2CC1[SiH2]c1cc(C)cc(C)c1.[Cl-].[Cl-].[Cl-].[Ti+4]. The fourth-order valence-corrected chi connectivity index (χ4v) is 7.29. The van der Waals surface area contributed by atoms with Crippen LogP contribution in [0.1, 0.15) is 56.6 Å². The summed E-state index contributed by atoms with van der Waals surface area (Å²) in [5, 5.41) is 1.67.